The van der Waals surface area contributed by atoms with Crippen molar-refractivity contribution in [3.05, 3.63) is 94.9 Å². The van der Waals surface area contributed by atoms with Gasteiger partial charge in [-0.2, -0.15) is 5.10 Å². The number of aryl methyl sites for hydroxylation is 1. The average molecular weight is 469 g/mol. The average Bonchev–Trinajstić information content (AvgIpc) is 3.23. The molecule has 0 bridgehead atoms. The van der Waals surface area contributed by atoms with Gasteiger partial charge in [-0.15, -0.1) is 0 Å². The minimum Gasteiger partial charge on any atom is -0.457 e. The fourth-order valence-corrected chi connectivity index (χ4v) is 4.31. The number of ether oxygens (including phenoxy) is 1. The fourth-order valence-electron chi connectivity index (χ4n) is 4.31. The molecule has 1 fully saturated rings. The second kappa shape index (κ2) is 9.42. The van der Waals surface area contributed by atoms with Crippen LogP contribution in [-0.2, 0) is 23.1 Å². The van der Waals surface area contributed by atoms with Gasteiger partial charge in [-0.1, -0.05) is 36.4 Å². The molecule has 0 saturated carbocycles. The maximum absolute atomic E-state index is 12.8. The molecule has 8 heteroatoms. The summed E-state index contributed by atoms with van der Waals surface area (Å²) >= 11 is 0. The van der Waals surface area contributed by atoms with E-state index in [1.165, 1.54) is 4.68 Å². The van der Waals surface area contributed by atoms with Crippen LogP contribution in [0, 0.1) is 0 Å². The minimum absolute atomic E-state index is 0.0187. The highest BCUT2D eigenvalue weighted by molar-refractivity contribution is 5.97. The number of aromatic nitrogens is 2. The Morgan fingerprint density at radius 3 is 2.34 bits per heavy atom. The molecule has 3 aromatic carbocycles. The van der Waals surface area contributed by atoms with E-state index in [0.717, 1.165) is 11.4 Å². The molecule has 0 spiro atoms. The van der Waals surface area contributed by atoms with Crippen LogP contribution in [0.5, 0.6) is 11.5 Å². The Balaban J connectivity index is 1.23. The largest absolute Gasteiger partial charge is 0.457 e. The van der Waals surface area contributed by atoms with Gasteiger partial charge in [0.1, 0.15) is 11.5 Å². The topological polar surface area (TPSA) is 93.5 Å². The summed E-state index contributed by atoms with van der Waals surface area (Å²) in [5, 5.41) is 8.41. The molecule has 2 amide bonds. The number of carbonyl (C=O) groups is 2. The number of fused-ring (bicyclic) bond motifs is 1. The normalized spacial score (nSPS) is 15.4. The van der Waals surface area contributed by atoms with Crippen LogP contribution >= 0.6 is 0 Å². The predicted molar refractivity (Wildman–Crippen MR) is 133 cm³/mol. The maximum atomic E-state index is 12.8. The molecular formula is C27H24N4O4. The molecule has 4 aromatic rings. The van der Waals surface area contributed by atoms with Gasteiger partial charge in [-0.05, 0) is 42.5 Å². The first-order valence-electron chi connectivity index (χ1n) is 11.4. The fraction of sp³-hybridized carbons (Fsp3) is 0.185. The number of benzene rings is 3. The lowest BCUT2D eigenvalue weighted by Gasteiger charge is -2.18. The van der Waals surface area contributed by atoms with E-state index >= 15 is 0 Å². The quantitative estimate of drug-likeness (QED) is 0.469. The van der Waals surface area contributed by atoms with E-state index in [9.17, 15) is 14.4 Å². The van der Waals surface area contributed by atoms with Crippen molar-refractivity contribution in [2.24, 2.45) is 7.05 Å². The number of nitrogens with one attached hydrogen (secondary N) is 1. The molecule has 5 rings (SSSR count). The van der Waals surface area contributed by atoms with Crippen LogP contribution in [0.1, 0.15) is 12.1 Å². The number of hydrogen-bond donors (Lipinski definition) is 1. The van der Waals surface area contributed by atoms with E-state index in [4.69, 9.17) is 4.74 Å². The third-order valence-corrected chi connectivity index (χ3v) is 5.98. The zero-order valence-corrected chi connectivity index (χ0v) is 19.2. The predicted octanol–water partition coefficient (Wildman–Crippen LogP) is 3.19. The maximum Gasteiger partial charge on any atom is 0.274 e. The lowest BCUT2D eigenvalue weighted by atomic mass is 10.1. The summed E-state index contributed by atoms with van der Waals surface area (Å²) < 4.78 is 7.06. The SMILES string of the molecule is Cn1nc(CC(=O)NC2CC(=O)N(c3ccc(Oc4ccccc4)cc3)C2)c2ccccc2c1=O. The van der Waals surface area contributed by atoms with Crippen molar-refractivity contribution in [1.29, 1.82) is 0 Å². The lowest BCUT2D eigenvalue weighted by molar-refractivity contribution is -0.121. The smallest absolute Gasteiger partial charge is 0.274 e. The zero-order valence-electron chi connectivity index (χ0n) is 19.2. The molecule has 1 aliphatic heterocycles. The lowest BCUT2D eigenvalue weighted by Crippen LogP contribution is -2.38. The molecule has 1 aliphatic rings. The Labute approximate surface area is 201 Å². The Morgan fingerprint density at radius 2 is 1.60 bits per heavy atom. The van der Waals surface area contributed by atoms with Gasteiger partial charge in [0.2, 0.25) is 11.8 Å². The molecule has 35 heavy (non-hydrogen) atoms. The number of rotatable bonds is 6. The number of hydrogen-bond acceptors (Lipinski definition) is 5. The van der Waals surface area contributed by atoms with Gasteiger partial charge in [0.25, 0.3) is 5.56 Å². The summed E-state index contributed by atoms with van der Waals surface area (Å²) in [6, 6.07) is 23.6. The molecule has 1 atom stereocenters. The van der Waals surface area contributed by atoms with Crippen molar-refractivity contribution in [1.82, 2.24) is 15.1 Å². The second-order valence-electron chi connectivity index (χ2n) is 8.48. The summed E-state index contributed by atoms with van der Waals surface area (Å²) in [7, 11) is 1.57. The van der Waals surface area contributed by atoms with Gasteiger partial charge in [0, 0.05) is 31.1 Å². The van der Waals surface area contributed by atoms with Crippen LogP contribution in [0.4, 0.5) is 5.69 Å². The summed E-state index contributed by atoms with van der Waals surface area (Å²) in [4.78, 5) is 39.4. The van der Waals surface area contributed by atoms with Crippen molar-refractivity contribution in [3.8, 4) is 11.5 Å². The molecule has 1 unspecified atom stereocenters. The van der Waals surface area contributed by atoms with Crippen LogP contribution in [0.25, 0.3) is 10.8 Å². The van der Waals surface area contributed by atoms with E-state index in [1.807, 2.05) is 60.7 Å². The van der Waals surface area contributed by atoms with Gasteiger partial charge >= 0.3 is 0 Å². The van der Waals surface area contributed by atoms with Crippen molar-refractivity contribution in [2.75, 3.05) is 11.4 Å². The molecule has 2 heterocycles. The van der Waals surface area contributed by atoms with Gasteiger partial charge in [0.05, 0.1) is 23.5 Å². The van der Waals surface area contributed by atoms with Gasteiger partial charge < -0.3 is 15.0 Å². The van der Waals surface area contributed by atoms with Gasteiger partial charge in [-0.3, -0.25) is 14.4 Å². The molecule has 1 N–H and O–H groups in total. The van der Waals surface area contributed by atoms with Crippen LogP contribution in [0.2, 0.25) is 0 Å². The zero-order chi connectivity index (χ0) is 24.4. The van der Waals surface area contributed by atoms with Crippen LogP contribution in [0.15, 0.2) is 83.7 Å². The Kier molecular flexibility index (Phi) is 6.01. The second-order valence-corrected chi connectivity index (χ2v) is 8.48. The first-order valence-corrected chi connectivity index (χ1v) is 11.4. The van der Waals surface area contributed by atoms with Crippen LogP contribution in [-0.4, -0.2) is 34.2 Å². The number of nitrogens with zero attached hydrogens (tertiary/aromatic N) is 3. The standard InChI is InChI=1S/C27H24N4O4/c1-30-27(34)23-10-6-5-9-22(23)24(29-30)16-25(32)28-18-15-26(33)31(17-18)19-11-13-21(14-12-19)35-20-7-3-2-4-8-20/h2-14,18H,15-17H2,1H3,(H,28,32). The van der Waals surface area contributed by atoms with E-state index < -0.39 is 0 Å². The van der Waals surface area contributed by atoms with E-state index in [1.54, 1.807) is 30.1 Å². The monoisotopic (exact) mass is 468 g/mol. The number of carbonyl (C=O) groups excluding carboxylic acids is 2. The first-order chi connectivity index (χ1) is 17.0. The van der Waals surface area contributed by atoms with Crippen molar-refractivity contribution in [3.63, 3.8) is 0 Å². The summed E-state index contributed by atoms with van der Waals surface area (Å²) in [5.74, 6) is 1.11. The molecule has 1 saturated heterocycles. The van der Waals surface area contributed by atoms with Crippen LogP contribution < -0.4 is 20.5 Å². The van der Waals surface area contributed by atoms with Crippen LogP contribution in [0.3, 0.4) is 0 Å². The molecule has 0 radical (unpaired) electrons. The Hall–Kier alpha value is -4.46. The third kappa shape index (κ3) is 4.77. The first kappa shape index (κ1) is 22.3. The van der Waals surface area contributed by atoms with Gasteiger partial charge in [-0.25, -0.2) is 4.68 Å². The highest BCUT2D eigenvalue weighted by Gasteiger charge is 2.31. The van der Waals surface area contributed by atoms with Crippen molar-refractivity contribution in [2.45, 2.75) is 18.9 Å². The number of anilines is 1. The van der Waals surface area contributed by atoms with Crippen molar-refractivity contribution >= 4 is 28.3 Å². The number of para-hydroxylation sites is 1. The third-order valence-electron chi connectivity index (χ3n) is 5.98. The highest BCUT2D eigenvalue weighted by Crippen LogP contribution is 2.27. The minimum atomic E-state index is -0.311. The molecule has 8 nitrogen and oxygen atoms in total. The van der Waals surface area contributed by atoms with Crippen molar-refractivity contribution < 1.29 is 14.3 Å². The Morgan fingerprint density at radius 1 is 0.943 bits per heavy atom. The summed E-state index contributed by atoms with van der Waals surface area (Å²) in [6.07, 6.45) is 0.236. The van der Waals surface area contributed by atoms with E-state index in [2.05, 4.69) is 10.4 Å². The highest BCUT2D eigenvalue weighted by atomic mass is 16.5. The van der Waals surface area contributed by atoms with E-state index in [0.29, 0.717) is 28.8 Å². The Bertz CT molecular complexity index is 1450. The summed E-state index contributed by atoms with van der Waals surface area (Å²) in [6.45, 7) is 0.380. The molecule has 176 valence electrons. The van der Waals surface area contributed by atoms with Gasteiger partial charge in [0.15, 0.2) is 0 Å². The molecular weight excluding hydrogens is 444 g/mol. The van der Waals surface area contributed by atoms with E-state index in [-0.39, 0.29) is 36.3 Å². The molecule has 1 aromatic heterocycles. The summed E-state index contributed by atoms with van der Waals surface area (Å²) in [5.41, 5.74) is 1.07. The molecule has 0 aliphatic carbocycles. The number of amides is 2.